The average Bonchev–Trinajstić information content (AvgIpc) is 3.00. The molecule has 98 valence electrons. The Morgan fingerprint density at radius 3 is 3.17 bits per heavy atom. The average molecular weight is 267 g/mol. The monoisotopic (exact) mass is 267 g/mol. The zero-order valence-electron chi connectivity index (χ0n) is 10.1. The van der Waals surface area contributed by atoms with Crippen LogP contribution in [-0.4, -0.2) is 46.3 Å². The van der Waals surface area contributed by atoms with Gasteiger partial charge in [0.2, 0.25) is 5.13 Å². The molecule has 0 spiro atoms. The van der Waals surface area contributed by atoms with Crippen LogP contribution in [-0.2, 0) is 0 Å². The first-order chi connectivity index (χ1) is 8.83. The second-order valence-corrected chi connectivity index (χ2v) is 5.67. The van der Waals surface area contributed by atoms with Gasteiger partial charge >= 0.3 is 6.03 Å². The minimum atomic E-state index is -0.163. The predicted molar refractivity (Wildman–Crippen MR) is 69.7 cm³/mol. The highest BCUT2D eigenvalue weighted by Crippen LogP contribution is 2.27. The smallest absolute Gasteiger partial charge is 0.321 e. The summed E-state index contributed by atoms with van der Waals surface area (Å²) in [5, 5.41) is 13.8. The van der Waals surface area contributed by atoms with Crippen LogP contribution in [0.4, 0.5) is 9.93 Å². The molecule has 2 fully saturated rings. The summed E-state index contributed by atoms with van der Waals surface area (Å²) in [7, 11) is 0. The topological polar surface area (TPSA) is 70.1 Å². The van der Waals surface area contributed by atoms with Gasteiger partial charge in [-0.2, -0.15) is 0 Å². The van der Waals surface area contributed by atoms with Crippen molar-refractivity contribution >= 4 is 22.5 Å². The van der Waals surface area contributed by atoms with Gasteiger partial charge in [0.05, 0.1) is 0 Å². The minimum Gasteiger partial charge on any atom is -0.333 e. The van der Waals surface area contributed by atoms with E-state index in [2.05, 4.69) is 25.7 Å². The molecule has 3 heterocycles. The van der Waals surface area contributed by atoms with E-state index >= 15 is 0 Å². The number of carbonyl (C=O) groups is 1. The van der Waals surface area contributed by atoms with Crippen LogP contribution in [0.15, 0.2) is 5.51 Å². The number of nitrogens with one attached hydrogen (secondary N) is 2. The highest BCUT2D eigenvalue weighted by atomic mass is 32.1. The van der Waals surface area contributed by atoms with Gasteiger partial charge in [-0.1, -0.05) is 17.8 Å². The normalized spacial score (nSPS) is 27.8. The molecule has 1 aromatic rings. The summed E-state index contributed by atoms with van der Waals surface area (Å²) in [6, 6.07) is 0.640. The van der Waals surface area contributed by atoms with Crippen molar-refractivity contribution in [2.75, 3.05) is 18.4 Å². The molecule has 7 heteroatoms. The van der Waals surface area contributed by atoms with E-state index in [0.717, 1.165) is 13.0 Å². The Kier molecular flexibility index (Phi) is 3.42. The van der Waals surface area contributed by atoms with E-state index in [-0.39, 0.29) is 12.1 Å². The van der Waals surface area contributed by atoms with Crippen molar-refractivity contribution in [3.05, 3.63) is 5.51 Å². The Morgan fingerprint density at radius 2 is 2.33 bits per heavy atom. The van der Waals surface area contributed by atoms with Gasteiger partial charge in [0.15, 0.2) is 0 Å². The van der Waals surface area contributed by atoms with E-state index in [4.69, 9.17) is 0 Å². The molecule has 0 aliphatic carbocycles. The highest BCUT2D eigenvalue weighted by molar-refractivity contribution is 7.13. The number of anilines is 1. The number of piperidine rings is 1. The molecule has 18 heavy (non-hydrogen) atoms. The van der Waals surface area contributed by atoms with Crippen LogP contribution in [0.3, 0.4) is 0 Å². The Hall–Kier alpha value is -1.21. The van der Waals surface area contributed by atoms with Gasteiger partial charge in [-0.3, -0.25) is 10.2 Å². The molecule has 1 aromatic heterocycles. The Bertz CT molecular complexity index is 410. The fourth-order valence-electron chi connectivity index (χ4n) is 2.94. The maximum absolute atomic E-state index is 11.8. The van der Waals surface area contributed by atoms with Crippen LogP contribution in [0.25, 0.3) is 0 Å². The van der Waals surface area contributed by atoms with Crippen LogP contribution >= 0.6 is 11.3 Å². The number of nitrogens with zero attached hydrogens (tertiary/aromatic N) is 3. The lowest BCUT2D eigenvalue weighted by molar-refractivity contribution is 0.180. The van der Waals surface area contributed by atoms with Gasteiger partial charge in [0.25, 0.3) is 0 Å². The molecule has 2 N–H and O–H groups in total. The number of rotatable bonds is 2. The zero-order valence-corrected chi connectivity index (χ0v) is 10.9. The van der Waals surface area contributed by atoms with Crippen LogP contribution in [0.1, 0.15) is 25.7 Å². The molecule has 6 nitrogen and oxygen atoms in total. The van der Waals surface area contributed by atoms with Gasteiger partial charge in [-0.25, -0.2) is 4.79 Å². The Labute approximate surface area is 110 Å². The van der Waals surface area contributed by atoms with Crippen molar-refractivity contribution < 1.29 is 4.79 Å². The van der Waals surface area contributed by atoms with Gasteiger partial charge in [0, 0.05) is 18.6 Å². The molecule has 2 aliphatic rings. The molecular formula is C11H17N5OS. The summed E-state index contributed by atoms with van der Waals surface area (Å²) < 4.78 is 0. The van der Waals surface area contributed by atoms with Crippen molar-refractivity contribution in [3.8, 4) is 0 Å². The SMILES string of the molecule is O=C(Nc1nncs1)N[C@H]1CCN2CCCC[C@@H]12. The summed E-state index contributed by atoms with van der Waals surface area (Å²) in [4.78, 5) is 14.3. The molecule has 0 aromatic carbocycles. The standard InChI is InChI=1S/C11H17N5OS/c17-10(14-11-15-12-7-18-11)13-8-4-6-16-5-2-1-3-9(8)16/h7-9H,1-6H2,(H2,13,14,15,17)/t8-,9-/m0/s1. The van der Waals surface area contributed by atoms with Crippen LogP contribution < -0.4 is 10.6 Å². The second kappa shape index (κ2) is 5.19. The first-order valence-corrected chi connectivity index (χ1v) is 7.28. The summed E-state index contributed by atoms with van der Waals surface area (Å²) in [5.74, 6) is 0. The maximum Gasteiger partial charge on any atom is 0.321 e. The number of hydrogen-bond acceptors (Lipinski definition) is 5. The number of carbonyl (C=O) groups excluding carboxylic acids is 1. The van der Waals surface area contributed by atoms with Crippen molar-refractivity contribution in [1.29, 1.82) is 0 Å². The molecule has 0 radical (unpaired) electrons. The number of aromatic nitrogens is 2. The fourth-order valence-corrected chi connectivity index (χ4v) is 3.38. The molecule has 2 amide bonds. The molecule has 0 saturated carbocycles. The second-order valence-electron chi connectivity index (χ2n) is 4.84. The van der Waals surface area contributed by atoms with Crippen LogP contribution in [0.5, 0.6) is 0 Å². The zero-order chi connectivity index (χ0) is 12.4. The molecule has 2 atom stereocenters. The molecule has 2 saturated heterocycles. The molecular weight excluding hydrogens is 250 g/mol. The van der Waals surface area contributed by atoms with Crippen molar-refractivity contribution in [2.24, 2.45) is 0 Å². The Morgan fingerprint density at radius 1 is 1.39 bits per heavy atom. The van der Waals surface area contributed by atoms with E-state index in [1.165, 1.54) is 37.1 Å². The number of fused-ring (bicyclic) bond motifs is 1. The van der Waals surface area contributed by atoms with Crippen molar-refractivity contribution in [3.63, 3.8) is 0 Å². The summed E-state index contributed by atoms with van der Waals surface area (Å²) in [6.45, 7) is 2.29. The lowest BCUT2D eigenvalue weighted by Gasteiger charge is -2.32. The Balaban J connectivity index is 1.54. The molecule has 0 bridgehead atoms. The van der Waals surface area contributed by atoms with Crippen molar-refractivity contribution in [2.45, 2.75) is 37.8 Å². The van der Waals surface area contributed by atoms with Gasteiger partial charge in [0.1, 0.15) is 5.51 Å². The fraction of sp³-hybridized carbons (Fsp3) is 0.727. The van der Waals surface area contributed by atoms with Crippen LogP contribution in [0.2, 0.25) is 0 Å². The maximum atomic E-state index is 11.8. The van der Waals surface area contributed by atoms with E-state index in [0.29, 0.717) is 11.2 Å². The van der Waals surface area contributed by atoms with E-state index in [1.54, 1.807) is 5.51 Å². The quantitative estimate of drug-likeness (QED) is 0.847. The minimum absolute atomic E-state index is 0.163. The third kappa shape index (κ3) is 2.46. The molecule has 0 unspecified atom stereocenters. The highest BCUT2D eigenvalue weighted by Gasteiger charge is 2.36. The number of amides is 2. The van der Waals surface area contributed by atoms with E-state index < -0.39 is 0 Å². The lowest BCUT2D eigenvalue weighted by Crippen LogP contribution is -2.47. The lowest BCUT2D eigenvalue weighted by atomic mass is 9.99. The van der Waals surface area contributed by atoms with Gasteiger partial charge < -0.3 is 5.32 Å². The summed E-state index contributed by atoms with van der Waals surface area (Å²) in [5.41, 5.74) is 1.61. The van der Waals surface area contributed by atoms with Crippen LogP contribution in [0, 0.1) is 0 Å². The first-order valence-electron chi connectivity index (χ1n) is 6.40. The number of urea groups is 1. The van der Waals surface area contributed by atoms with Crippen molar-refractivity contribution in [1.82, 2.24) is 20.4 Å². The van der Waals surface area contributed by atoms with Gasteiger partial charge in [-0.15, -0.1) is 10.2 Å². The predicted octanol–water partition coefficient (Wildman–Crippen LogP) is 1.29. The first kappa shape index (κ1) is 11.9. The molecule has 2 aliphatic heterocycles. The molecule has 3 rings (SSSR count). The summed E-state index contributed by atoms with van der Waals surface area (Å²) >= 11 is 1.33. The largest absolute Gasteiger partial charge is 0.333 e. The van der Waals surface area contributed by atoms with Gasteiger partial charge in [-0.05, 0) is 25.8 Å². The van der Waals surface area contributed by atoms with E-state index in [9.17, 15) is 4.79 Å². The third-order valence-electron chi connectivity index (χ3n) is 3.75. The van der Waals surface area contributed by atoms with E-state index in [1.807, 2.05) is 0 Å². The third-order valence-corrected chi connectivity index (χ3v) is 4.36. The summed E-state index contributed by atoms with van der Waals surface area (Å²) in [6.07, 6.45) is 4.82. The number of hydrogen-bond donors (Lipinski definition) is 2.